The summed E-state index contributed by atoms with van der Waals surface area (Å²) in [6.45, 7) is 1.80. The first-order valence-electron chi connectivity index (χ1n) is 9.58. The van der Waals surface area contributed by atoms with Gasteiger partial charge in [0.15, 0.2) is 5.16 Å². The maximum atomic E-state index is 12.4. The van der Waals surface area contributed by atoms with E-state index in [0.29, 0.717) is 21.8 Å². The molecule has 3 aromatic rings. The van der Waals surface area contributed by atoms with Crippen molar-refractivity contribution in [3.05, 3.63) is 53.3 Å². The number of hydrogen-bond donors (Lipinski definition) is 1. The van der Waals surface area contributed by atoms with E-state index in [1.807, 2.05) is 28.8 Å². The summed E-state index contributed by atoms with van der Waals surface area (Å²) in [5, 5.41) is 12.2. The highest BCUT2D eigenvalue weighted by Gasteiger charge is 2.24. The van der Waals surface area contributed by atoms with Gasteiger partial charge in [0.25, 0.3) is 5.91 Å². The second kappa shape index (κ2) is 8.93. The Bertz CT molecular complexity index is 1070. The number of nitrogens with zero attached hydrogens (tertiary/aromatic N) is 5. The van der Waals surface area contributed by atoms with Crippen LogP contribution in [0.4, 0.5) is 5.95 Å². The number of imide groups is 1. The van der Waals surface area contributed by atoms with E-state index in [4.69, 9.17) is 11.6 Å². The Morgan fingerprint density at radius 2 is 1.90 bits per heavy atom. The van der Waals surface area contributed by atoms with Crippen molar-refractivity contribution < 1.29 is 9.59 Å². The summed E-state index contributed by atoms with van der Waals surface area (Å²) in [5.74, 6) is -0.0943. The highest BCUT2D eigenvalue weighted by atomic mass is 35.5. The first kappa shape index (κ1) is 20.5. The van der Waals surface area contributed by atoms with Crippen LogP contribution in [0.1, 0.15) is 23.3 Å². The second-order valence-electron chi connectivity index (χ2n) is 6.93. The third kappa shape index (κ3) is 4.22. The molecule has 1 N–H and O–H groups in total. The molecule has 1 aliphatic heterocycles. The number of rotatable bonds is 6. The van der Waals surface area contributed by atoms with Crippen molar-refractivity contribution in [3.63, 3.8) is 0 Å². The summed E-state index contributed by atoms with van der Waals surface area (Å²) in [7, 11) is 1.75. The number of carbonyl (C=O) groups is 2. The summed E-state index contributed by atoms with van der Waals surface area (Å²) >= 11 is 7.65. The van der Waals surface area contributed by atoms with Crippen LogP contribution < -0.4 is 10.2 Å². The van der Waals surface area contributed by atoms with Crippen LogP contribution in [0.3, 0.4) is 0 Å². The fraction of sp³-hybridized carbons (Fsp3) is 0.300. The average Bonchev–Trinajstić information content (AvgIpc) is 3.47. The highest BCUT2D eigenvalue weighted by Crippen LogP contribution is 2.31. The maximum Gasteiger partial charge on any atom is 0.274 e. The number of hydrogen-bond acceptors (Lipinski definition) is 6. The Labute approximate surface area is 183 Å². The number of nitrogens with one attached hydrogen (secondary N) is 1. The zero-order valence-corrected chi connectivity index (χ0v) is 18.0. The van der Waals surface area contributed by atoms with Gasteiger partial charge in [0.1, 0.15) is 5.69 Å². The van der Waals surface area contributed by atoms with Crippen LogP contribution in [0, 0.1) is 0 Å². The standard InChI is InChI=1S/C20H21ClN6O2S/c1-25-10-6-9-16(25)18(29)22-17(28)13-30-20-24-23-19(26-11-4-5-12-26)27(20)15-8-3-2-7-14(15)21/h2-3,6-10H,4-5,11-13H2,1H3,(H,22,28,29). The Morgan fingerprint density at radius 1 is 1.13 bits per heavy atom. The van der Waals surface area contributed by atoms with Crippen molar-refractivity contribution in [2.75, 3.05) is 23.7 Å². The van der Waals surface area contributed by atoms with Crippen LogP contribution in [0.2, 0.25) is 5.02 Å². The first-order chi connectivity index (χ1) is 14.5. The topological polar surface area (TPSA) is 85.0 Å². The van der Waals surface area contributed by atoms with Gasteiger partial charge in [-0.2, -0.15) is 0 Å². The lowest BCUT2D eigenvalue weighted by Gasteiger charge is -2.19. The summed E-state index contributed by atoms with van der Waals surface area (Å²) in [4.78, 5) is 26.8. The lowest BCUT2D eigenvalue weighted by Crippen LogP contribution is -2.33. The molecule has 8 nitrogen and oxygen atoms in total. The van der Waals surface area contributed by atoms with E-state index >= 15 is 0 Å². The monoisotopic (exact) mass is 444 g/mol. The van der Waals surface area contributed by atoms with E-state index in [2.05, 4.69) is 20.4 Å². The van der Waals surface area contributed by atoms with Crippen LogP contribution in [-0.2, 0) is 11.8 Å². The number of aromatic nitrogens is 4. The van der Waals surface area contributed by atoms with Gasteiger partial charge >= 0.3 is 0 Å². The Morgan fingerprint density at radius 3 is 2.60 bits per heavy atom. The van der Waals surface area contributed by atoms with Gasteiger partial charge in [-0.3, -0.25) is 19.5 Å². The van der Waals surface area contributed by atoms with Gasteiger partial charge in [-0.25, -0.2) is 0 Å². The molecule has 1 aliphatic rings. The van der Waals surface area contributed by atoms with Crippen LogP contribution in [0.15, 0.2) is 47.8 Å². The molecule has 4 rings (SSSR count). The third-order valence-corrected chi connectivity index (χ3v) is 6.11. The predicted octanol–water partition coefficient (Wildman–Crippen LogP) is 2.91. The van der Waals surface area contributed by atoms with Gasteiger partial charge in [-0.05, 0) is 37.1 Å². The summed E-state index contributed by atoms with van der Waals surface area (Å²) < 4.78 is 3.54. The van der Waals surface area contributed by atoms with Crippen LogP contribution in [-0.4, -0.2) is 50.0 Å². The van der Waals surface area contributed by atoms with Crippen molar-refractivity contribution in [3.8, 4) is 5.69 Å². The average molecular weight is 445 g/mol. The summed E-state index contributed by atoms with van der Waals surface area (Å²) in [5.41, 5.74) is 1.18. The van der Waals surface area contributed by atoms with Gasteiger partial charge in [-0.1, -0.05) is 35.5 Å². The predicted molar refractivity (Wildman–Crippen MR) is 116 cm³/mol. The fourth-order valence-corrected chi connectivity index (χ4v) is 4.34. The molecule has 0 bridgehead atoms. The van der Waals surface area contributed by atoms with Crippen LogP contribution in [0.25, 0.3) is 5.69 Å². The number of amides is 2. The molecule has 156 valence electrons. The van der Waals surface area contributed by atoms with Gasteiger partial charge in [0.05, 0.1) is 16.5 Å². The van der Waals surface area contributed by atoms with Crippen molar-refractivity contribution in [2.45, 2.75) is 18.0 Å². The number of halogens is 1. The number of para-hydroxylation sites is 1. The molecule has 0 saturated carbocycles. The van der Waals surface area contributed by atoms with E-state index in [1.54, 1.807) is 29.9 Å². The normalized spacial score (nSPS) is 13.6. The zero-order chi connectivity index (χ0) is 21.1. The van der Waals surface area contributed by atoms with Gasteiger partial charge < -0.3 is 9.47 Å². The molecule has 2 amide bonds. The van der Waals surface area contributed by atoms with Crippen LogP contribution >= 0.6 is 23.4 Å². The molecule has 2 aromatic heterocycles. The van der Waals surface area contributed by atoms with Crippen molar-refractivity contribution >= 4 is 41.1 Å². The number of anilines is 1. The third-order valence-electron chi connectivity index (χ3n) is 4.86. The van der Waals surface area contributed by atoms with Crippen molar-refractivity contribution in [1.82, 2.24) is 24.6 Å². The molecule has 30 heavy (non-hydrogen) atoms. The molecule has 1 aromatic carbocycles. The quantitative estimate of drug-likeness (QED) is 0.588. The SMILES string of the molecule is Cn1cccc1C(=O)NC(=O)CSc1nnc(N2CCCC2)n1-c1ccccc1Cl. The molecule has 1 saturated heterocycles. The Balaban J connectivity index is 1.53. The smallest absolute Gasteiger partial charge is 0.274 e. The molecule has 0 unspecified atom stereocenters. The molecule has 0 radical (unpaired) electrons. The number of carbonyl (C=O) groups excluding carboxylic acids is 2. The minimum atomic E-state index is -0.432. The van der Waals surface area contributed by atoms with E-state index in [0.717, 1.165) is 31.6 Å². The molecule has 0 spiro atoms. The molecular formula is C20H21ClN6O2S. The molecule has 10 heteroatoms. The minimum Gasteiger partial charge on any atom is -0.347 e. The lowest BCUT2D eigenvalue weighted by atomic mass is 10.3. The zero-order valence-electron chi connectivity index (χ0n) is 16.4. The molecular weight excluding hydrogens is 424 g/mol. The summed E-state index contributed by atoms with van der Waals surface area (Å²) in [6.07, 6.45) is 3.95. The van der Waals surface area contributed by atoms with Gasteiger partial charge in [0, 0.05) is 26.3 Å². The molecule has 0 atom stereocenters. The largest absolute Gasteiger partial charge is 0.347 e. The summed E-state index contributed by atoms with van der Waals surface area (Å²) in [6, 6.07) is 10.9. The van der Waals surface area contributed by atoms with Crippen molar-refractivity contribution in [2.24, 2.45) is 7.05 Å². The van der Waals surface area contributed by atoms with Gasteiger partial charge in [-0.15, -0.1) is 10.2 Å². The van der Waals surface area contributed by atoms with E-state index in [-0.39, 0.29) is 5.75 Å². The Kier molecular flexibility index (Phi) is 6.10. The highest BCUT2D eigenvalue weighted by molar-refractivity contribution is 7.99. The van der Waals surface area contributed by atoms with E-state index < -0.39 is 11.8 Å². The minimum absolute atomic E-state index is 0.0265. The molecule has 0 aliphatic carbocycles. The molecule has 1 fully saturated rings. The number of aryl methyl sites for hydroxylation is 1. The Hall–Kier alpha value is -2.78. The number of thioether (sulfide) groups is 1. The second-order valence-corrected chi connectivity index (χ2v) is 8.28. The van der Waals surface area contributed by atoms with Crippen molar-refractivity contribution in [1.29, 1.82) is 0 Å². The maximum absolute atomic E-state index is 12.4. The fourth-order valence-electron chi connectivity index (χ4n) is 3.38. The molecule has 3 heterocycles. The van der Waals surface area contributed by atoms with E-state index in [1.165, 1.54) is 11.8 Å². The first-order valence-corrected chi connectivity index (χ1v) is 10.9. The van der Waals surface area contributed by atoms with Crippen LogP contribution in [0.5, 0.6) is 0 Å². The lowest BCUT2D eigenvalue weighted by molar-refractivity contribution is -0.117. The van der Waals surface area contributed by atoms with E-state index in [9.17, 15) is 9.59 Å². The van der Waals surface area contributed by atoms with Gasteiger partial charge in [0.2, 0.25) is 11.9 Å². The number of benzene rings is 1.